The second-order valence-corrected chi connectivity index (χ2v) is 12.7. The molecule has 3 rings (SSSR count). The maximum Gasteiger partial charge on any atom is 0.247 e. The molecular weight excluding hydrogens is 474 g/mol. The second-order valence-electron chi connectivity index (χ2n) is 10.8. The van der Waals surface area contributed by atoms with Gasteiger partial charge in [-0.25, -0.2) is 0 Å². The van der Waals surface area contributed by atoms with Crippen LogP contribution in [0.25, 0.3) is 0 Å². The number of nitrogens with zero attached hydrogens (tertiary/aromatic N) is 3. The summed E-state index contributed by atoms with van der Waals surface area (Å²) < 4.78 is -0.930. The van der Waals surface area contributed by atoms with E-state index < -0.39 is 22.6 Å². The van der Waals surface area contributed by atoms with Crippen molar-refractivity contribution in [1.82, 2.24) is 14.7 Å². The van der Waals surface area contributed by atoms with Crippen molar-refractivity contribution >= 4 is 29.5 Å². The predicted octanol–water partition coefficient (Wildman–Crippen LogP) is 3.48. The van der Waals surface area contributed by atoms with Crippen LogP contribution < -0.4 is 0 Å². The lowest BCUT2D eigenvalue weighted by Gasteiger charge is -2.37. The highest BCUT2D eigenvalue weighted by atomic mass is 32.2. The lowest BCUT2D eigenvalue weighted by Crippen LogP contribution is -2.55. The zero-order chi connectivity index (χ0) is 26.5. The van der Waals surface area contributed by atoms with Crippen molar-refractivity contribution in [2.75, 3.05) is 39.8 Å². The number of aliphatic hydroxyl groups is 1. The van der Waals surface area contributed by atoms with Crippen molar-refractivity contribution < 1.29 is 19.5 Å². The molecule has 3 heterocycles. The van der Waals surface area contributed by atoms with E-state index >= 15 is 0 Å². The van der Waals surface area contributed by atoms with Crippen LogP contribution in [-0.4, -0.2) is 92.9 Å². The Morgan fingerprint density at radius 2 is 1.81 bits per heavy atom. The van der Waals surface area contributed by atoms with Crippen LogP contribution in [0.4, 0.5) is 0 Å². The van der Waals surface area contributed by atoms with E-state index in [4.69, 9.17) is 5.11 Å². The molecule has 1 spiro atoms. The first-order chi connectivity index (χ1) is 17.2. The van der Waals surface area contributed by atoms with Crippen LogP contribution in [0, 0.1) is 11.8 Å². The van der Waals surface area contributed by atoms with E-state index in [2.05, 4.69) is 27.0 Å². The minimum Gasteiger partial charge on any atom is -0.396 e. The Hall–Kier alpha value is -1.80. The van der Waals surface area contributed by atoms with Crippen LogP contribution >= 0.6 is 11.8 Å². The van der Waals surface area contributed by atoms with Crippen LogP contribution in [0.1, 0.15) is 65.2 Å². The number of amides is 3. The topological polar surface area (TPSA) is 81.2 Å². The van der Waals surface area contributed by atoms with Gasteiger partial charge in [-0.2, -0.15) is 0 Å². The van der Waals surface area contributed by atoms with Gasteiger partial charge in [-0.05, 0) is 39.0 Å². The molecular formula is C28H45N3O4S. The molecule has 7 nitrogen and oxygen atoms in total. The molecule has 0 aliphatic carbocycles. The van der Waals surface area contributed by atoms with Gasteiger partial charge in [0.05, 0.1) is 16.6 Å². The van der Waals surface area contributed by atoms with Gasteiger partial charge in [-0.1, -0.05) is 38.3 Å². The van der Waals surface area contributed by atoms with Gasteiger partial charge in [-0.15, -0.1) is 24.9 Å². The van der Waals surface area contributed by atoms with Crippen molar-refractivity contribution in [3.05, 3.63) is 25.3 Å². The third-order valence-corrected chi connectivity index (χ3v) is 10.3. The van der Waals surface area contributed by atoms with Gasteiger partial charge in [0.2, 0.25) is 17.7 Å². The monoisotopic (exact) mass is 519 g/mol. The van der Waals surface area contributed by atoms with Crippen LogP contribution in [-0.2, 0) is 14.4 Å². The molecule has 3 aliphatic heterocycles. The average molecular weight is 520 g/mol. The highest BCUT2D eigenvalue weighted by Gasteiger charge is 2.77. The SMILES string of the molecule is C=CCN(C)C(=O)[C@@H]1[C@H]2C(=O)N(CCCCCCO)C(C(=O)N(CC=C)CCCC)C23CC[C@@]1(C)S3. The number of aliphatic hydroxyl groups excluding tert-OH is 1. The predicted molar refractivity (Wildman–Crippen MR) is 146 cm³/mol. The Morgan fingerprint density at radius 1 is 1.11 bits per heavy atom. The van der Waals surface area contributed by atoms with E-state index in [0.717, 1.165) is 51.4 Å². The van der Waals surface area contributed by atoms with Crippen molar-refractivity contribution in [3.63, 3.8) is 0 Å². The zero-order valence-corrected chi connectivity index (χ0v) is 23.2. The van der Waals surface area contributed by atoms with E-state index in [1.165, 1.54) is 0 Å². The number of unbranched alkanes of at least 4 members (excludes halogenated alkanes) is 4. The summed E-state index contributed by atoms with van der Waals surface area (Å²) in [7, 11) is 1.77. The Labute approximate surface area is 221 Å². The van der Waals surface area contributed by atoms with E-state index in [-0.39, 0.29) is 29.1 Å². The first-order valence-corrected chi connectivity index (χ1v) is 14.4. The summed E-state index contributed by atoms with van der Waals surface area (Å²) in [5.41, 5.74) is 0. The fraction of sp³-hybridized carbons (Fsp3) is 0.750. The molecule has 2 bridgehead atoms. The van der Waals surface area contributed by atoms with Crippen LogP contribution in [0.15, 0.2) is 25.3 Å². The van der Waals surface area contributed by atoms with Gasteiger partial charge < -0.3 is 19.8 Å². The lowest BCUT2D eigenvalue weighted by molar-refractivity contribution is -0.145. The number of thioether (sulfide) groups is 1. The average Bonchev–Trinajstić information content (AvgIpc) is 3.41. The van der Waals surface area contributed by atoms with Gasteiger partial charge in [0.15, 0.2) is 0 Å². The van der Waals surface area contributed by atoms with Crippen LogP contribution in [0.5, 0.6) is 0 Å². The molecule has 3 saturated heterocycles. The summed E-state index contributed by atoms with van der Waals surface area (Å²) in [6.45, 7) is 14.1. The fourth-order valence-corrected chi connectivity index (χ4v) is 8.90. The number of hydrogen-bond donors (Lipinski definition) is 1. The summed E-state index contributed by atoms with van der Waals surface area (Å²) >= 11 is 1.73. The minimum atomic E-state index is -0.574. The maximum absolute atomic E-state index is 14.2. The molecule has 3 aliphatic rings. The summed E-state index contributed by atoms with van der Waals surface area (Å²) in [4.78, 5) is 47.4. The number of likely N-dealkylation sites (N-methyl/N-ethyl adjacent to an activating group) is 1. The number of rotatable bonds is 15. The smallest absolute Gasteiger partial charge is 0.247 e. The normalized spacial score (nSPS) is 30.4. The highest BCUT2D eigenvalue weighted by Crippen LogP contribution is 2.71. The quantitative estimate of drug-likeness (QED) is 0.265. The van der Waals surface area contributed by atoms with E-state index in [1.54, 1.807) is 35.9 Å². The summed E-state index contributed by atoms with van der Waals surface area (Å²) in [6.07, 6.45) is 10.3. The molecule has 0 saturated carbocycles. The van der Waals surface area contributed by atoms with Gasteiger partial charge in [0.1, 0.15) is 6.04 Å². The lowest BCUT2D eigenvalue weighted by atomic mass is 9.66. The molecule has 0 radical (unpaired) electrons. The zero-order valence-electron chi connectivity index (χ0n) is 22.4. The molecule has 2 unspecified atom stereocenters. The van der Waals surface area contributed by atoms with E-state index in [1.807, 2.05) is 9.80 Å². The highest BCUT2D eigenvalue weighted by molar-refractivity contribution is 8.02. The molecule has 0 aromatic heterocycles. The third-order valence-electron chi connectivity index (χ3n) is 8.31. The molecule has 0 aromatic rings. The number of carbonyl (C=O) groups is 3. The molecule has 3 amide bonds. The second kappa shape index (κ2) is 12.2. The van der Waals surface area contributed by atoms with Crippen LogP contribution in [0.2, 0.25) is 0 Å². The van der Waals surface area contributed by atoms with E-state index in [9.17, 15) is 14.4 Å². The van der Waals surface area contributed by atoms with Gasteiger partial charge in [0.25, 0.3) is 0 Å². The fourth-order valence-electron chi connectivity index (χ4n) is 6.56. The summed E-state index contributed by atoms with van der Waals surface area (Å²) in [6, 6.07) is -0.556. The van der Waals surface area contributed by atoms with Crippen LogP contribution in [0.3, 0.4) is 0 Å². The Balaban J connectivity index is 1.98. The summed E-state index contributed by atoms with van der Waals surface area (Å²) in [5.74, 6) is -0.976. The molecule has 202 valence electrons. The number of likely N-dealkylation sites (tertiary alicyclic amines) is 1. The molecule has 0 aromatic carbocycles. The standard InChI is InChI=1S/C28H45N3O4S/c1-6-9-18-30(17-8-3)26(35)23-28-15-14-27(4,36-28)21(24(33)29(5)16-7-2)22(28)25(34)31(23)19-12-10-11-13-20-32/h7-8,21-23,32H,2-3,6,9-20H2,1,4-5H3/t21-,22-,23?,27+,28?/m0/s1. The van der Waals surface area contributed by atoms with Gasteiger partial charge in [-0.3, -0.25) is 14.4 Å². The maximum atomic E-state index is 14.2. The van der Waals surface area contributed by atoms with Crippen molar-refractivity contribution in [1.29, 1.82) is 0 Å². The molecule has 5 atom stereocenters. The van der Waals surface area contributed by atoms with Crippen molar-refractivity contribution in [3.8, 4) is 0 Å². The van der Waals surface area contributed by atoms with Gasteiger partial charge in [0, 0.05) is 44.6 Å². The first kappa shape index (κ1) is 28.8. The van der Waals surface area contributed by atoms with Crippen molar-refractivity contribution in [2.24, 2.45) is 11.8 Å². The Morgan fingerprint density at radius 3 is 2.44 bits per heavy atom. The number of carbonyl (C=O) groups excluding carboxylic acids is 3. The number of fused-ring (bicyclic) bond motifs is 1. The molecule has 3 fully saturated rings. The minimum absolute atomic E-state index is 0.00106. The molecule has 36 heavy (non-hydrogen) atoms. The molecule has 1 N–H and O–H groups in total. The van der Waals surface area contributed by atoms with Gasteiger partial charge >= 0.3 is 0 Å². The summed E-state index contributed by atoms with van der Waals surface area (Å²) in [5, 5.41) is 9.12. The van der Waals surface area contributed by atoms with E-state index in [0.29, 0.717) is 26.2 Å². The Bertz CT molecular complexity index is 851. The first-order valence-electron chi connectivity index (χ1n) is 13.6. The largest absolute Gasteiger partial charge is 0.396 e. The molecule has 8 heteroatoms. The number of hydrogen-bond acceptors (Lipinski definition) is 5. The van der Waals surface area contributed by atoms with Crippen molar-refractivity contribution in [2.45, 2.75) is 80.7 Å². The Kier molecular flexibility index (Phi) is 9.72. The third kappa shape index (κ3) is 5.13.